The van der Waals surface area contributed by atoms with Gasteiger partial charge in [0.15, 0.2) is 0 Å². The molecule has 7 nitrogen and oxygen atoms in total. The highest BCUT2D eigenvalue weighted by molar-refractivity contribution is 5.67. The van der Waals surface area contributed by atoms with Gasteiger partial charge in [-0.2, -0.15) is 0 Å². The Balaban J connectivity index is 2.36. The smallest absolute Gasteiger partial charge is 0.407 e. The van der Waals surface area contributed by atoms with Crippen molar-refractivity contribution in [2.75, 3.05) is 6.54 Å². The van der Waals surface area contributed by atoms with E-state index in [2.05, 4.69) is 22.1 Å². The number of hydrogen-bond acceptors (Lipinski definition) is 5. The standard InChI is InChI=1S/C14H17N3O4/c1-14(2,3)21-13(18)15-9-5-4-6-11-7-8-12(10-16-11)17(19)20/h7-8,10H,5,9H2,1-3H3,(H,15,18). The van der Waals surface area contributed by atoms with Crippen LogP contribution in [0.4, 0.5) is 10.5 Å². The lowest BCUT2D eigenvalue weighted by Crippen LogP contribution is -2.32. The number of nitrogens with one attached hydrogen (secondary N) is 1. The molecule has 1 aromatic rings. The van der Waals surface area contributed by atoms with E-state index in [4.69, 9.17) is 4.74 Å². The molecular formula is C14H17N3O4. The van der Waals surface area contributed by atoms with Crippen molar-refractivity contribution >= 4 is 11.8 Å². The monoisotopic (exact) mass is 291 g/mol. The second kappa shape index (κ2) is 7.24. The number of hydrogen-bond donors (Lipinski definition) is 1. The molecule has 1 aromatic heterocycles. The molecule has 1 heterocycles. The van der Waals surface area contributed by atoms with Gasteiger partial charge < -0.3 is 10.1 Å². The number of pyridine rings is 1. The van der Waals surface area contributed by atoms with Gasteiger partial charge in [-0.3, -0.25) is 10.1 Å². The van der Waals surface area contributed by atoms with Crippen molar-refractivity contribution in [2.45, 2.75) is 32.8 Å². The molecule has 1 rings (SSSR count). The van der Waals surface area contributed by atoms with Crippen molar-refractivity contribution in [1.82, 2.24) is 10.3 Å². The summed E-state index contributed by atoms with van der Waals surface area (Å²) >= 11 is 0. The van der Waals surface area contributed by atoms with Crippen LogP contribution in [0.25, 0.3) is 0 Å². The number of alkyl carbamates (subject to hydrolysis) is 1. The summed E-state index contributed by atoms with van der Waals surface area (Å²) in [5.74, 6) is 5.57. The lowest BCUT2D eigenvalue weighted by atomic mass is 10.2. The predicted octanol–water partition coefficient (Wildman–Crippen LogP) is 2.26. The van der Waals surface area contributed by atoms with Gasteiger partial charge in [-0.25, -0.2) is 9.78 Å². The summed E-state index contributed by atoms with van der Waals surface area (Å²) in [5, 5.41) is 13.0. The summed E-state index contributed by atoms with van der Waals surface area (Å²) in [4.78, 5) is 25.1. The second-order valence-electron chi connectivity index (χ2n) is 5.14. The molecule has 0 aliphatic rings. The van der Waals surface area contributed by atoms with Gasteiger partial charge in [-0.1, -0.05) is 5.92 Å². The summed E-state index contributed by atoms with van der Waals surface area (Å²) in [6.45, 7) is 5.71. The summed E-state index contributed by atoms with van der Waals surface area (Å²) in [7, 11) is 0. The Morgan fingerprint density at radius 2 is 2.19 bits per heavy atom. The molecule has 0 fully saturated rings. The van der Waals surface area contributed by atoms with Crippen LogP contribution in [0, 0.1) is 22.0 Å². The fourth-order valence-corrected chi connectivity index (χ4v) is 1.26. The molecule has 1 amide bonds. The van der Waals surface area contributed by atoms with Gasteiger partial charge >= 0.3 is 6.09 Å². The number of carbonyl (C=O) groups excluding carboxylic acids is 1. The molecule has 0 saturated carbocycles. The topological polar surface area (TPSA) is 94.4 Å². The molecule has 0 aliphatic heterocycles. The van der Waals surface area contributed by atoms with Crippen LogP contribution in [-0.2, 0) is 4.74 Å². The van der Waals surface area contributed by atoms with E-state index in [1.807, 2.05) is 0 Å². The van der Waals surface area contributed by atoms with E-state index in [1.54, 1.807) is 20.8 Å². The van der Waals surface area contributed by atoms with Crippen LogP contribution in [0.5, 0.6) is 0 Å². The quantitative estimate of drug-likeness (QED) is 0.399. The number of nitrogens with zero attached hydrogens (tertiary/aromatic N) is 2. The Morgan fingerprint density at radius 1 is 1.48 bits per heavy atom. The molecule has 21 heavy (non-hydrogen) atoms. The van der Waals surface area contributed by atoms with Crippen molar-refractivity contribution < 1.29 is 14.5 Å². The number of carbonyl (C=O) groups is 1. The van der Waals surface area contributed by atoms with Gasteiger partial charge in [-0.15, -0.1) is 0 Å². The Labute approximate surface area is 122 Å². The maximum atomic E-state index is 11.3. The van der Waals surface area contributed by atoms with E-state index in [0.29, 0.717) is 18.7 Å². The first kappa shape index (κ1) is 16.4. The van der Waals surface area contributed by atoms with Crippen molar-refractivity contribution in [3.05, 3.63) is 34.1 Å². The van der Waals surface area contributed by atoms with Gasteiger partial charge in [0.2, 0.25) is 0 Å². The van der Waals surface area contributed by atoms with E-state index < -0.39 is 16.6 Å². The van der Waals surface area contributed by atoms with Gasteiger partial charge in [0.05, 0.1) is 4.92 Å². The molecule has 0 saturated heterocycles. The normalized spacial score (nSPS) is 10.2. The molecule has 1 N–H and O–H groups in total. The van der Waals surface area contributed by atoms with Crippen LogP contribution in [-0.4, -0.2) is 28.1 Å². The number of nitro groups is 1. The van der Waals surface area contributed by atoms with Gasteiger partial charge in [0.1, 0.15) is 17.5 Å². The first-order valence-electron chi connectivity index (χ1n) is 6.34. The van der Waals surface area contributed by atoms with E-state index >= 15 is 0 Å². The maximum Gasteiger partial charge on any atom is 0.407 e. The average molecular weight is 291 g/mol. The number of aromatic nitrogens is 1. The summed E-state index contributed by atoms with van der Waals surface area (Å²) < 4.78 is 5.06. The van der Waals surface area contributed by atoms with Crippen molar-refractivity contribution in [1.29, 1.82) is 0 Å². The van der Waals surface area contributed by atoms with Crippen LogP contribution in [0.2, 0.25) is 0 Å². The minimum atomic E-state index is -0.529. The fraction of sp³-hybridized carbons (Fsp3) is 0.429. The first-order chi connectivity index (χ1) is 9.78. The van der Waals surface area contributed by atoms with E-state index in [9.17, 15) is 14.9 Å². The van der Waals surface area contributed by atoms with Gasteiger partial charge in [0.25, 0.3) is 5.69 Å². The van der Waals surface area contributed by atoms with Crippen molar-refractivity contribution in [2.24, 2.45) is 0 Å². The fourth-order valence-electron chi connectivity index (χ4n) is 1.26. The van der Waals surface area contributed by atoms with Gasteiger partial charge in [-0.05, 0) is 32.8 Å². The number of ether oxygens (including phenoxy) is 1. The average Bonchev–Trinajstić information content (AvgIpc) is 2.36. The van der Waals surface area contributed by atoms with Crippen LogP contribution in [0.15, 0.2) is 18.3 Å². The molecule has 0 aliphatic carbocycles. The zero-order valence-corrected chi connectivity index (χ0v) is 12.2. The maximum absolute atomic E-state index is 11.3. The summed E-state index contributed by atoms with van der Waals surface area (Å²) in [6.07, 6.45) is 1.10. The Morgan fingerprint density at radius 3 is 2.71 bits per heavy atom. The third-order valence-electron chi connectivity index (χ3n) is 2.09. The highest BCUT2D eigenvalue weighted by Gasteiger charge is 2.15. The molecule has 112 valence electrons. The highest BCUT2D eigenvalue weighted by atomic mass is 16.6. The van der Waals surface area contributed by atoms with Crippen LogP contribution in [0.1, 0.15) is 32.9 Å². The van der Waals surface area contributed by atoms with Crippen LogP contribution < -0.4 is 5.32 Å². The third-order valence-corrected chi connectivity index (χ3v) is 2.09. The van der Waals surface area contributed by atoms with Crippen molar-refractivity contribution in [3.63, 3.8) is 0 Å². The number of rotatable bonds is 3. The molecule has 0 spiro atoms. The minimum Gasteiger partial charge on any atom is -0.444 e. The third kappa shape index (κ3) is 6.92. The molecule has 0 aromatic carbocycles. The number of amides is 1. The van der Waals surface area contributed by atoms with E-state index in [1.165, 1.54) is 12.1 Å². The molecule has 0 radical (unpaired) electrons. The Kier molecular flexibility index (Phi) is 5.67. The van der Waals surface area contributed by atoms with E-state index in [0.717, 1.165) is 6.20 Å². The predicted molar refractivity (Wildman–Crippen MR) is 76.6 cm³/mol. The highest BCUT2D eigenvalue weighted by Crippen LogP contribution is 2.08. The SMILES string of the molecule is CC(C)(C)OC(=O)NCCC#Cc1ccc([N+](=O)[O-])cn1. The Bertz CT molecular complexity index is 565. The lowest BCUT2D eigenvalue weighted by Gasteiger charge is -2.19. The molecule has 7 heteroatoms. The summed E-state index contributed by atoms with van der Waals surface area (Å²) in [5.41, 5.74) is -0.164. The summed E-state index contributed by atoms with van der Waals surface area (Å²) in [6, 6.07) is 2.82. The largest absolute Gasteiger partial charge is 0.444 e. The minimum absolute atomic E-state index is 0.0767. The Hall–Kier alpha value is -2.62. The van der Waals surface area contributed by atoms with E-state index in [-0.39, 0.29) is 5.69 Å². The molecule has 0 atom stereocenters. The zero-order valence-electron chi connectivity index (χ0n) is 12.2. The molecule has 0 bridgehead atoms. The van der Waals surface area contributed by atoms with Crippen LogP contribution >= 0.6 is 0 Å². The first-order valence-corrected chi connectivity index (χ1v) is 6.34. The van der Waals surface area contributed by atoms with Crippen molar-refractivity contribution in [3.8, 4) is 11.8 Å². The lowest BCUT2D eigenvalue weighted by molar-refractivity contribution is -0.385. The molecular weight excluding hydrogens is 274 g/mol. The molecule has 0 unspecified atom stereocenters. The second-order valence-corrected chi connectivity index (χ2v) is 5.14. The van der Waals surface area contributed by atoms with Gasteiger partial charge in [0, 0.05) is 19.0 Å². The van der Waals surface area contributed by atoms with Crippen LogP contribution in [0.3, 0.4) is 0 Å². The zero-order chi connectivity index (χ0) is 15.9.